The molecule has 2 N–H and O–H groups in total. The highest BCUT2D eigenvalue weighted by Crippen LogP contribution is 2.32. The third-order valence-corrected chi connectivity index (χ3v) is 5.57. The second-order valence-corrected chi connectivity index (χ2v) is 7.47. The molecule has 1 heterocycles. The molecule has 1 aliphatic heterocycles. The molecule has 0 aromatic rings. The topological polar surface area (TPSA) is 52.6 Å². The zero-order valence-electron chi connectivity index (χ0n) is 13.1. The van der Waals surface area contributed by atoms with E-state index >= 15 is 0 Å². The molecule has 2 unspecified atom stereocenters. The monoisotopic (exact) mass is 294 g/mol. The van der Waals surface area contributed by atoms with Crippen molar-refractivity contribution in [1.29, 1.82) is 0 Å². The number of nitrogens with zero attached hydrogens (tertiary/aromatic N) is 1. The van der Waals surface area contributed by atoms with Crippen molar-refractivity contribution in [2.24, 2.45) is 11.8 Å². The largest absolute Gasteiger partial charge is 0.481 e. The summed E-state index contributed by atoms with van der Waals surface area (Å²) in [6, 6.07) is 1.38. The Kier molecular flexibility index (Phi) is 5.17. The minimum absolute atomic E-state index is 0.332. The van der Waals surface area contributed by atoms with E-state index in [0.29, 0.717) is 18.4 Å². The number of carbonyl (C=O) groups is 1. The van der Waals surface area contributed by atoms with Crippen LogP contribution >= 0.6 is 0 Å². The van der Waals surface area contributed by atoms with Crippen LogP contribution in [0.2, 0.25) is 0 Å². The highest BCUT2D eigenvalue weighted by atomic mass is 16.4. The number of aliphatic carboxylic acids is 1. The molecule has 2 saturated carbocycles. The van der Waals surface area contributed by atoms with Gasteiger partial charge in [-0.25, -0.2) is 0 Å². The molecule has 2 atom stereocenters. The Labute approximate surface area is 128 Å². The standard InChI is InChI=1S/C17H30N2O2/c20-17(21)8-5-14-9-15(12-19(11-14)16-6-7-16)18-10-13-3-1-2-4-13/h13-16,18H,1-12H2,(H,20,21). The summed E-state index contributed by atoms with van der Waals surface area (Å²) in [5, 5.41) is 12.7. The van der Waals surface area contributed by atoms with Crippen LogP contribution in [0.25, 0.3) is 0 Å². The fourth-order valence-electron chi connectivity index (χ4n) is 4.21. The van der Waals surface area contributed by atoms with Gasteiger partial charge in [0.2, 0.25) is 0 Å². The average Bonchev–Trinajstić information content (AvgIpc) is 3.20. The third-order valence-electron chi connectivity index (χ3n) is 5.57. The van der Waals surface area contributed by atoms with E-state index in [2.05, 4.69) is 10.2 Å². The van der Waals surface area contributed by atoms with E-state index < -0.39 is 5.97 Å². The van der Waals surface area contributed by atoms with Gasteiger partial charge < -0.3 is 10.4 Å². The SMILES string of the molecule is O=C(O)CCC1CC(NCC2CCCC2)CN(C2CC2)C1. The van der Waals surface area contributed by atoms with E-state index in [1.165, 1.54) is 58.0 Å². The van der Waals surface area contributed by atoms with Crippen LogP contribution in [-0.2, 0) is 4.79 Å². The Morgan fingerprint density at radius 2 is 1.86 bits per heavy atom. The quantitative estimate of drug-likeness (QED) is 0.757. The van der Waals surface area contributed by atoms with E-state index in [-0.39, 0.29) is 0 Å². The van der Waals surface area contributed by atoms with Crippen molar-refractivity contribution in [2.75, 3.05) is 19.6 Å². The number of hydrogen-bond acceptors (Lipinski definition) is 3. The molecule has 0 aromatic carbocycles. The molecule has 0 bridgehead atoms. The summed E-state index contributed by atoms with van der Waals surface area (Å²) in [4.78, 5) is 13.4. The van der Waals surface area contributed by atoms with Crippen LogP contribution in [0, 0.1) is 11.8 Å². The van der Waals surface area contributed by atoms with E-state index in [1.54, 1.807) is 0 Å². The van der Waals surface area contributed by atoms with Gasteiger partial charge in [-0.05, 0) is 56.9 Å². The fraction of sp³-hybridized carbons (Fsp3) is 0.941. The first kappa shape index (κ1) is 15.3. The highest BCUT2D eigenvalue weighted by Gasteiger charge is 2.36. The zero-order chi connectivity index (χ0) is 14.7. The second-order valence-electron chi connectivity index (χ2n) is 7.47. The Bertz CT molecular complexity index is 351. The predicted octanol–water partition coefficient (Wildman–Crippen LogP) is 2.48. The Morgan fingerprint density at radius 3 is 2.52 bits per heavy atom. The number of carboxylic acid groups (broad SMARTS) is 1. The highest BCUT2D eigenvalue weighted by molar-refractivity contribution is 5.66. The Hall–Kier alpha value is -0.610. The lowest BCUT2D eigenvalue weighted by Gasteiger charge is -2.39. The molecule has 4 heteroatoms. The molecule has 4 nitrogen and oxygen atoms in total. The minimum atomic E-state index is -0.644. The van der Waals surface area contributed by atoms with E-state index in [9.17, 15) is 4.79 Å². The molecule has 3 aliphatic rings. The number of carboxylic acids is 1. The minimum Gasteiger partial charge on any atom is -0.481 e. The molecule has 1 saturated heterocycles. The lowest BCUT2D eigenvalue weighted by atomic mass is 9.90. The number of nitrogens with one attached hydrogen (secondary N) is 1. The lowest BCUT2D eigenvalue weighted by molar-refractivity contribution is -0.137. The number of rotatable bonds is 7. The van der Waals surface area contributed by atoms with Crippen LogP contribution in [0.1, 0.15) is 57.8 Å². The first-order valence-corrected chi connectivity index (χ1v) is 8.90. The summed E-state index contributed by atoms with van der Waals surface area (Å²) in [5.74, 6) is 0.810. The van der Waals surface area contributed by atoms with Crippen LogP contribution in [0.5, 0.6) is 0 Å². The first-order chi connectivity index (χ1) is 10.2. The van der Waals surface area contributed by atoms with Gasteiger partial charge in [-0.1, -0.05) is 12.8 Å². The molecule has 2 aliphatic carbocycles. The van der Waals surface area contributed by atoms with Crippen LogP contribution in [0.3, 0.4) is 0 Å². The van der Waals surface area contributed by atoms with Crippen molar-refractivity contribution in [3.63, 3.8) is 0 Å². The maximum atomic E-state index is 10.8. The maximum absolute atomic E-state index is 10.8. The summed E-state index contributed by atoms with van der Waals surface area (Å²) in [7, 11) is 0. The van der Waals surface area contributed by atoms with Crippen molar-refractivity contribution in [3.8, 4) is 0 Å². The van der Waals surface area contributed by atoms with Gasteiger partial charge in [0.1, 0.15) is 0 Å². The van der Waals surface area contributed by atoms with Crippen LogP contribution in [0.15, 0.2) is 0 Å². The third kappa shape index (κ3) is 4.68. The van der Waals surface area contributed by atoms with Crippen molar-refractivity contribution >= 4 is 5.97 Å². The van der Waals surface area contributed by atoms with Gasteiger partial charge in [0.05, 0.1) is 0 Å². The maximum Gasteiger partial charge on any atom is 0.303 e. The predicted molar refractivity (Wildman–Crippen MR) is 83.3 cm³/mol. The van der Waals surface area contributed by atoms with Gasteiger partial charge in [0, 0.05) is 31.6 Å². The second kappa shape index (κ2) is 7.10. The molecule has 21 heavy (non-hydrogen) atoms. The van der Waals surface area contributed by atoms with Gasteiger partial charge in [0.25, 0.3) is 0 Å². The summed E-state index contributed by atoms with van der Waals surface area (Å²) < 4.78 is 0. The molecule has 3 fully saturated rings. The number of hydrogen-bond donors (Lipinski definition) is 2. The molecule has 0 amide bonds. The summed E-state index contributed by atoms with van der Waals surface area (Å²) in [6.45, 7) is 3.48. The smallest absolute Gasteiger partial charge is 0.303 e. The average molecular weight is 294 g/mol. The van der Waals surface area contributed by atoms with Gasteiger partial charge in [-0.2, -0.15) is 0 Å². The van der Waals surface area contributed by atoms with Crippen LogP contribution < -0.4 is 5.32 Å². The molecule has 0 spiro atoms. The lowest BCUT2D eigenvalue weighted by Crippen LogP contribution is -2.50. The van der Waals surface area contributed by atoms with Crippen molar-refractivity contribution in [1.82, 2.24) is 10.2 Å². The van der Waals surface area contributed by atoms with Crippen LogP contribution in [0.4, 0.5) is 0 Å². The zero-order valence-corrected chi connectivity index (χ0v) is 13.1. The number of likely N-dealkylation sites (tertiary alicyclic amines) is 1. The van der Waals surface area contributed by atoms with Crippen molar-refractivity contribution in [3.05, 3.63) is 0 Å². The van der Waals surface area contributed by atoms with E-state index in [4.69, 9.17) is 5.11 Å². The van der Waals surface area contributed by atoms with Crippen molar-refractivity contribution < 1.29 is 9.90 Å². The number of piperidine rings is 1. The fourth-order valence-corrected chi connectivity index (χ4v) is 4.21. The summed E-state index contributed by atoms with van der Waals surface area (Å²) in [6.07, 6.45) is 10.7. The summed E-state index contributed by atoms with van der Waals surface area (Å²) >= 11 is 0. The molecular formula is C17H30N2O2. The van der Waals surface area contributed by atoms with Crippen LogP contribution in [-0.4, -0.2) is 47.7 Å². The molecule has 0 radical (unpaired) electrons. The molecular weight excluding hydrogens is 264 g/mol. The Balaban J connectivity index is 1.47. The Morgan fingerprint density at radius 1 is 1.10 bits per heavy atom. The molecule has 0 aromatic heterocycles. The molecule has 3 rings (SSSR count). The van der Waals surface area contributed by atoms with Crippen molar-refractivity contribution in [2.45, 2.75) is 69.9 Å². The summed E-state index contributed by atoms with van der Waals surface area (Å²) in [5.41, 5.74) is 0. The van der Waals surface area contributed by atoms with Gasteiger partial charge >= 0.3 is 5.97 Å². The van der Waals surface area contributed by atoms with E-state index in [0.717, 1.165) is 24.9 Å². The normalized spacial score (nSPS) is 31.6. The first-order valence-electron chi connectivity index (χ1n) is 8.90. The van der Waals surface area contributed by atoms with Gasteiger partial charge in [-0.15, -0.1) is 0 Å². The van der Waals surface area contributed by atoms with Gasteiger partial charge in [0.15, 0.2) is 0 Å². The molecule has 120 valence electrons. The van der Waals surface area contributed by atoms with E-state index in [1.807, 2.05) is 0 Å². The van der Waals surface area contributed by atoms with Gasteiger partial charge in [-0.3, -0.25) is 9.69 Å².